The summed E-state index contributed by atoms with van der Waals surface area (Å²) in [4.78, 5) is 23.6. The SMILES string of the molecule is O=Nc1cnc(NCCNc2nc(-c3ccc(Cl)cc3Cl)cc3nccn23)s1. The van der Waals surface area contributed by atoms with E-state index in [-0.39, 0.29) is 0 Å². The molecule has 0 saturated heterocycles. The standard InChI is InChI=1S/C17H13Cl2N7OS/c18-10-1-2-11(12(19)7-10)13-8-14-20-5-6-26(14)16(24-13)21-3-4-22-17-23-9-15(25-27)28-17/h1-2,5-9H,3-4H2,(H,21,24)(H,22,23). The summed E-state index contributed by atoms with van der Waals surface area (Å²) in [7, 11) is 0. The van der Waals surface area contributed by atoms with Gasteiger partial charge in [0.15, 0.2) is 10.1 Å². The molecule has 0 saturated carbocycles. The summed E-state index contributed by atoms with van der Waals surface area (Å²) in [5.74, 6) is 0.632. The van der Waals surface area contributed by atoms with Crippen molar-refractivity contribution in [3.8, 4) is 11.3 Å². The highest BCUT2D eigenvalue weighted by molar-refractivity contribution is 7.19. The molecule has 142 valence electrons. The average Bonchev–Trinajstić information content (AvgIpc) is 3.34. The van der Waals surface area contributed by atoms with E-state index in [9.17, 15) is 4.91 Å². The lowest BCUT2D eigenvalue weighted by atomic mass is 10.1. The second kappa shape index (κ2) is 8.09. The molecule has 4 aromatic rings. The van der Waals surface area contributed by atoms with Crippen molar-refractivity contribution in [2.75, 3.05) is 23.7 Å². The highest BCUT2D eigenvalue weighted by Gasteiger charge is 2.11. The molecule has 3 aromatic heterocycles. The topological polar surface area (TPSA) is 96.6 Å². The minimum atomic E-state index is 0.338. The fraction of sp³-hybridized carbons (Fsp3) is 0.118. The van der Waals surface area contributed by atoms with E-state index >= 15 is 0 Å². The van der Waals surface area contributed by atoms with Crippen molar-refractivity contribution < 1.29 is 0 Å². The van der Waals surface area contributed by atoms with Crippen LogP contribution < -0.4 is 10.6 Å². The van der Waals surface area contributed by atoms with Crippen molar-refractivity contribution >= 4 is 56.3 Å². The van der Waals surface area contributed by atoms with E-state index in [0.717, 1.165) is 11.2 Å². The van der Waals surface area contributed by atoms with E-state index in [0.29, 0.717) is 44.9 Å². The van der Waals surface area contributed by atoms with Crippen LogP contribution in [-0.2, 0) is 0 Å². The van der Waals surface area contributed by atoms with Gasteiger partial charge in [0.25, 0.3) is 0 Å². The van der Waals surface area contributed by atoms with Crippen LogP contribution in [0.15, 0.2) is 48.0 Å². The number of nitrogens with zero attached hydrogens (tertiary/aromatic N) is 5. The van der Waals surface area contributed by atoms with Crippen molar-refractivity contribution in [2.45, 2.75) is 0 Å². The third kappa shape index (κ3) is 3.91. The molecule has 0 aliphatic heterocycles. The van der Waals surface area contributed by atoms with Crippen LogP contribution in [0.4, 0.5) is 16.1 Å². The van der Waals surface area contributed by atoms with Gasteiger partial charge >= 0.3 is 0 Å². The van der Waals surface area contributed by atoms with Gasteiger partial charge in [0.05, 0.1) is 16.9 Å². The Morgan fingerprint density at radius 3 is 2.79 bits per heavy atom. The van der Waals surface area contributed by atoms with Crippen LogP contribution in [0.25, 0.3) is 16.9 Å². The van der Waals surface area contributed by atoms with Crippen LogP contribution >= 0.6 is 34.5 Å². The zero-order chi connectivity index (χ0) is 19.5. The summed E-state index contributed by atoms with van der Waals surface area (Å²) in [6.07, 6.45) is 4.97. The van der Waals surface area contributed by atoms with E-state index in [1.54, 1.807) is 18.3 Å². The van der Waals surface area contributed by atoms with Crippen LogP contribution in [0.3, 0.4) is 0 Å². The molecule has 0 radical (unpaired) electrons. The number of nitrogens with one attached hydrogen (secondary N) is 2. The summed E-state index contributed by atoms with van der Waals surface area (Å²) in [6, 6.07) is 7.15. The monoisotopic (exact) mass is 433 g/mol. The molecule has 0 aliphatic carbocycles. The Hall–Kier alpha value is -2.75. The molecule has 0 atom stereocenters. The number of halogens is 2. The Bertz CT molecular complexity index is 1140. The molecule has 0 unspecified atom stereocenters. The van der Waals surface area contributed by atoms with Crippen molar-refractivity contribution in [1.82, 2.24) is 19.4 Å². The molecule has 0 aliphatic rings. The van der Waals surface area contributed by atoms with Crippen LogP contribution in [-0.4, -0.2) is 32.4 Å². The minimum absolute atomic E-state index is 0.338. The highest BCUT2D eigenvalue weighted by Crippen LogP contribution is 2.30. The fourth-order valence-corrected chi connectivity index (χ4v) is 3.74. The first-order valence-electron chi connectivity index (χ1n) is 8.20. The van der Waals surface area contributed by atoms with Gasteiger partial charge in [-0.25, -0.2) is 15.0 Å². The Morgan fingerprint density at radius 1 is 1.14 bits per heavy atom. The van der Waals surface area contributed by atoms with Gasteiger partial charge in [-0.2, -0.15) is 0 Å². The van der Waals surface area contributed by atoms with E-state index < -0.39 is 0 Å². The van der Waals surface area contributed by atoms with Crippen LogP contribution in [0.5, 0.6) is 0 Å². The largest absolute Gasteiger partial charge is 0.360 e. The molecular weight excluding hydrogens is 421 g/mol. The lowest BCUT2D eigenvalue weighted by Crippen LogP contribution is -2.16. The quantitative estimate of drug-likeness (QED) is 0.311. The van der Waals surface area contributed by atoms with Gasteiger partial charge in [0.2, 0.25) is 5.95 Å². The van der Waals surface area contributed by atoms with Crippen molar-refractivity contribution in [1.29, 1.82) is 0 Å². The first kappa shape index (κ1) is 18.6. The number of hydrogen-bond acceptors (Lipinski definition) is 8. The highest BCUT2D eigenvalue weighted by atomic mass is 35.5. The Labute approximate surface area is 173 Å². The predicted molar refractivity (Wildman–Crippen MR) is 113 cm³/mol. The number of rotatable bonds is 7. The zero-order valence-corrected chi connectivity index (χ0v) is 16.6. The maximum atomic E-state index is 10.5. The van der Waals surface area contributed by atoms with Gasteiger partial charge in [-0.15, -0.1) is 4.91 Å². The van der Waals surface area contributed by atoms with Gasteiger partial charge < -0.3 is 10.6 Å². The summed E-state index contributed by atoms with van der Waals surface area (Å²) in [5, 5.41) is 11.3. The van der Waals surface area contributed by atoms with Crippen LogP contribution in [0.2, 0.25) is 10.0 Å². The number of hydrogen-bond donors (Lipinski definition) is 2. The van der Waals surface area contributed by atoms with E-state index in [4.69, 9.17) is 23.2 Å². The van der Waals surface area contributed by atoms with Crippen molar-refractivity contribution in [3.05, 3.63) is 57.8 Å². The van der Waals surface area contributed by atoms with Gasteiger partial charge in [-0.3, -0.25) is 4.40 Å². The molecule has 0 amide bonds. The van der Waals surface area contributed by atoms with Crippen molar-refractivity contribution in [2.24, 2.45) is 5.18 Å². The number of thiazole rings is 1. The molecule has 0 bridgehead atoms. The summed E-state index contributed by atoms with van der Waals surface area (Å²) < 4.78 is 1.85. The lowest BCUT2D eigenvalue weighted by Gasteiger charge is -2.11. The second-order valence-corrected chi connectivity index (χ2v) is 7.55. The molecule has 11 heteroatoms. The molecule has 3 heterocycles. The summed E-state index contributed by atoms with van der Waals surface area (Å²) >= 11 is 13.5. The second-order valence-electron chi connectivity index (χ2n) is 5.69. The molecule has 28 heavy (non-hydrogen) atoms. The number of anilines is 2. The first-order valence-corrected chi connectivity index (χ1v) is 9.78. The third-order valence-corrected chi connectivity index (χ3v) is 5.24. The summed E-state index contributed by atoms with van der Waals surface area (Å²) in [6.45, 7) is 1.15. The third-order valence-electron chi connectivity index (χ3n) is 3.86. The molecule has 0 fully saturated rings. The molecule has 4 rings (SSSR count). The van der Waals surface area contributed by atoms with E-state index in [2.05, 4.69) is 30.8 Å². The minimum Gasteiger partial charge on any atom is -0.360 e. The van der Waals surface area contributed by atoms with Gasteiger partial charge in [-0.05, 0) is 23.4 Å². The van der Waals surface area contributed by atoms with Gasteiger partial charge in [0, 0.05) is 42.1 Å². The average molecular weight is 434 g/mol. The Kier molecular flexibility index (Phi) is 5.38. The van der Waals surface area contributed by atoms with E-state index in [1.807, 2.05) is 22.7 Å². The van der Waals surface area contributed by atoms with Crippen molar-refractivity contribution in [3.63, 3.8) is 0 Å². The molecule has 8 nitrogen and oxygen atoms in total. The smallest absolute Gasteiger partial charge is 0.209 e. The summed E-state index contributed by atoms with van der Waals surface area (Å²) in [5.41, 5.74) is 2.21. The number of aromatic nitrogens is 4. The normalized spacial score (nSPS) is 10.9. The first-order chi connectivity index (χ1) is 13.6. The Balaban J connectivity index is 1.52. The molecular formula is C17H13Cl2N7OS. The number of nitroso groups, excluding NO2 is 1. The fourth-order valence-electron chi connectivity index (χ4n) is 2.62. The lowest BCUT2D eigenvalue weighted by molar-refractivity contribution is 0.999. The van der Waals surface area contributed by atoms with E-state index in [1.165, 1.54) is 17.5 Å². The van der Waals surface area contributed by atoms with Crippen LogP contribution in [0, 0.1) is 4.91 Å². The molecule has 1 aromatic carbocycles. The molecule has 0 spiro atoms. The number of fused-ring (bicyclic) bond motifs is 1. The number of imidazole rings is 1. The predicted octanol–water partition coefficient (Wildman–Crippen LogP) is 5.08. The maximum absolute atomic E-state index is 10.5. The van der Waals surface area contributed by atoms with Gasteiger partial charge in [0.1, 0.15) is 5.65 Å². The zero-order valence-electron chi connectivity index (χ0n) is 14.3. The number of benzene rings is 1. The van der Waals surface area contributed by atoms with Crippen LogP contribution in [0.1, 0.15) is 0 Å². The molecule has 2 N–H and O–H groups in total. The van der Waals surface area contributed by atoms with Gasteiger partial charge in [-0.1, -0.05) is 34.5 Å². The maximum Gasteiger partial charge on any atom is 0.209 e. The Morgan fingerprint density at radius 2 is 2.00 bits per heavy atom.